The molecule has 3 heteroatoms. The summed E-state index contributed by atoms with van der Waals surface area (Å²) in [5.41, 5.74) is 2.45. The molecular formula is C21H27NO2. The predicted molar refractivity (Wildman–Crippen MR) is 98.2 cm³/mol. The third kappa shape index (κ3) is 6.07. The molecule has 0 aliphatic rings. The Morgan fingerprint density at radius 3 is 2.46 bits per heavy atom. The summed E-state index contributed by atoms with van der Waals surface area (Å²) >= 11 is 0. The number of rotatable bonds is 9. The molecule has 0 fully saturated rings. The summed E-state index contributed by atoms with van der Waals surface area (Å²) in [4.78, 5) is 12.0. The van der Waals surface area contributed by atoms with Gasteiger partial charge >= 0.3 is 0 Å². The van der Waals surface area contributed by atoms with Crippen molar-refractivity contribution in [1.29, 1.82) is 0 Å². The molecule has 0 unspecified atom stereocenters. The molecule has 0 saturated heterocycles. The lowest BCUT2D eigenvalue weighted by molar-refractivity contribution is -0.121. The Morgan fingerprint density at radius 1 is 1.08 bits per heavy atom. The summed E-state index contributed by atoms with van der Waals surface area (Å²) in [5, 5.41) is 3.02. The molecule has 0 heterocycles. The van der Waals surface area contributed by atoms with Crippen molar-refractivity contribution >= 4 is 5.91 Å². The Bertz CT molecular complexity index is 607. The number of hydrogen-bond acceptors (Lipinski definition) is 2. The van der Waals surface area contributed by atoms with Gasteiger partial charge in [-0.05, 0) is 43.0 Å². The Labute approximate surface area is 145 Å². The van der Waals surface area contributed by atoms with Crippen LogP contribution in [0.1, 0.15) is 50.3 Å². The van der Waals surface area contributed by atoms with Crippen LogP contribution < -0.4 is 10.1 Å². The molecule has 24 heavy (non-hydrogen) atoms. The summed E-state index contributed by atoms with van der Waals surface area (Å²) < 4.78 is 5.70. The molecule has 3 nitrogen and oxygen atoms in total. The standard InChI is InChI=1S/C21H27NO2/c1-3-8-18-12-14-20(15-13-18)24-16-7-11-21(23)22-17(2)19-9-5-4-6-10-19/h4-6,9-10,12-15,17H,3,7-8,11,16H2,1-2H3,(H,22,23)/t17-/m0/s1. The molecule has 0 radical (unpaired) electrons. The minimum absolute atomic E-state index is 0.0331. The second kappa shape index (κ2) is 9.76. The van der Waals surface area contributed by atoms with Crippen LogP contribution in [0, 0.1) is 0 Å². The molecule has 0 saturated carbocycles. The Morgan fingerprint density at radius 2 is 1.79 bits per heavy atom. The number of hydrogen-bond donors (Lipinski definition) is 1. The van der Waals surface area contributed by atoms with Crippen LogP contribution in [0.4, 0.5) is 0 Å². The second-order valence-electron chi connectivity index (χ2n) is 6.05. The van der Waals surface area contributed by atoms with E-state index in [9.17, 15) is 4.79 Å². The van der Waals surface area contributed by atoms with Gasteiger partial charge in [0.05, 0.1) is 12.6 Å². The zero-order chi connectivity index (χ0) is 17.2. The first-order chi connectivity index (χ1) is 11.7. The zero-order valence-electron chi connectivity index (χ0n) is 14.6. The topological polar surface area (TPSA) is 38.3 Å². The molecular weight excluding hydrogens is 298 g/mol. The molecule has 0 bridgehead atoms. The molecule has 2 aromatic rings. The molecule has 0 aliphatic heterocycles. The number of carbonyl (C=O) groups is 1. The monoisotopic (exact) mass is 325 g/mol. The van der Waals surface area contributed by atoms with Crippen molar-refractivity contribution in [3.63, 3.8) is 0 Å². The van der Waals surface area contributed by atoms with Gasteiger partial charge in [-0.15, -0.1) is 0 Å². The van der Waals surface area contributed by atoms with Gasteiger partial charge in [0.1, 0.15) is 5.75 Å². The van der Waals surface area contributed by atoms with Crippen LogP contribution in [-0.2, 0) is 11.2 Å². The molecule has 2 aromatic carbocycles. The average molecular weight is 325 g/mol. The van der Waals surface area contributed by atoms with Crippen molar-refractivity contribution in [2.24, 2.45) is 0 Å². The van der Waals surface area contributed by atoms with E-state index in [0.717, 1.165) is 24.2 Å². The van der Waals surface area contributed by atoms with Crippen molar-refractivity contribution in [3.8, 4) is 5.75 Å². The third-order valence-corrected chi connectivity index (χ3v) is 3.96. The van der Waals surface area contributed by atoms with E-state index in [1.807, 2.05) is 49.4 Å². The minimum Gasteiger partial charge on any atom is -0.494 e. The normalized spacial score (nSPS) is 11.8. The zero-order valence-corrected chi connectivity index (χ0v) is 14.6. The highest BCUT2D eigenvalue weighted by molar-refractivity contribution is 5.76. The van der Waals surface area contributed by atoms with Crippen molar-refractivity contribution in [2.45, 2.75) is 45.6 Å². The summed E-state index contributed by atoms with van der Waals surface area (Å²) in [6.07, 6.45) is 3.44. The summed E-state index contributed by atoms with van der Waals surface area (Å²) in [5.74, 6) is 0.932. The maximum atomic E-state index is 12.0. The van der Waals surface area contributed by atoms with Gasteiger partial charge < -0.3 is 10.1 Å². The van der Waals surface area contributed by atoms with E-state index in [1.54, 1.807) is 0 Å². The molecule has 0 aliphatic carbocycles. The molecule has 1 atom stereocenters. The van der Waals surface area contributed by atoms with Crippen LogP contribution in [0.2, 0.25) is 0 Å². The van der Waals surface area contributed by atoms with E-state index < -0.39 is 0 Å². The SMILES string of the molecule is CCCc1ccc(OCCCC(=O)N[C@@H](C)c2ccccc2)cc1. The van der Waals surface area contributed by atoms with Gasteiger partial charge in [-0.1, -0.05) is 55.8 Å². The average Bonchev–Trinajstić information content (AvgIpc) is 2.61. The molecule has 128 valence electrons. The maximum Gasteiger partial charge on any atom is 0.220 e. The van der Waals surface area contributed by atoms with Gasteiger partial charge in [0.25, 0.3) is 0 Å². The van der Waals surface area contributed by atoms with Crippen LogP contribution in [-0.4, -0.2) is 12.5 Å². The van der Waals surface area contributed by atoms with E-state index in [-0.39, 0.29) is 11.9 Å². The highest BCUT2D eigenvalue weighted by atomic mass is 16.5. The van der Waals surface area contributed by atoms with Gasteiger partial charge in [0.2, 0.25) is 5.91 Å². The minimum atomic E-state index is 0.0331. The Hall–Kier alpha value is -2.29. The highest BCUT2D eigenvalue weighted by Gasteiger charge is 2.08. The van der Waals surface area contributed by atoms with Crippen molar-refractivity contribution in [2.75, 3.05) is 6.61 Å². The fraction of sp³-hybridized carbons (Fsp3) is 0.381. The largest absolute Gasteiger partial charge is 0.494 e. The molecule has 2 rings (SSSR count). The van der Waals surface area contributed by atoms with E-state index in [0.29, 0.717) is 19.4 Å². The van der Waals surface area contributed by atoms with Crippen LogP contribution in [0.15, 0.2) is 54.6 Å². The number of nitrogens with one attached hydrogen (secondary N) is 1. The van der Waals surface area contributed by atoms with Gasteiger partial charge in [0.15, 0.2) is 0 Å². The second-order valence-corrected chi connectivity index (χ2v) is 6.05. The molecule has 0 spiro atoms. The highest BCUT2D eigenvalue weighted by Crippen LogP contribution is 2.14. The third-order valence-electron chi connectivity index (χ3n) is 3.96. The predicted octanol–water partition coefficient (Wildman–Crippen LogP) is 4.68. The van der Waals surface area contributed by atoms with E-state index in [4.69, 9.17) is 4.74 Å². The van der Waals surface area contributed by atoms with Crippen LogP contribution in [0.5, 0.6) is 5.75 Å². The first kappa shape index (κ1) is 18.1. The lowest BCUT2D eigenvalue weighted by Crippen LogP contribution is -2.26. The van der Waals surface area contributed by atoms with E-state index in [1.165, 1.54) is 5.56 Å². The summed E-state index contributed by atoms with van der Waals surface area (Å²) in [6, 6.07) is 18.2. The fourth-order valence-electron chi connectivity index (χ4n) is 2.60. The van der Waals surface area contributed by atoms with Gasteiger partial charge in [-0.3, -0.25) is 4.79 Å². The molecule has 0 aromatic heterocycles. The van der Waals surface area contributed by atoms with Gasteiger partial charge in [0, 0.05) is 6.42 Å². The van der Waals surface area contributed by atoms with Crippen LogP contribution in [0.3, 0.4) is 0 Å². The first-order valence-electron chi connectivity index (χ1n) is 8.75. The maximum absolute atomic E-state index is 12.0. The Balaban J connectivity index is 1.65. The quantitative estimate of drug-likeness (QED) is 0.680. The van der Waals surface area contributed by atoms with E-state index in [2.05, 4.69) is 24.4 Å². The van der Waals surface area contributed by atoms with Gasteiger partial charge in [-0.25, -0.2) is 0 Å². The van der Waals surface area contributed by atoms with Crippen molar-refractivity contribution < 1.29 is 9.53 Å². The van der Waals surface area contributed by atoms with Gasteiger partial charge in [-0.2, -0.15) is 0 Å². The number of ether oxygens (including phenoxy) is 1. The lowest BCUT2D eigenvalue weighted by atomic mass is 10.1. The number of benzene rings is 2. The fourth-order valence-corrected chi connectivity index (χ4v) is 2.60. The first-order valence-corrected chi connectivity index (χ1v) is 8.75. The Kier molecular flexibility index (Phi) is 7.34. The van der Waals surface area contributed by atoms with Crippen LogP contribution in [0.25, 0.3) is 0 Å². The molecule has 1 amide bonds. The smallest absolute Gasteiger partial charge is 0.220 e. The number of aryl methyl sites for hydroxylation is 1. The summed E-state index contributed by atoms with van der Waals surface area (Å²) in [6.45, 7) is 4.73. The number of amides is 1. The van der Waals surface area contributed by atoms with Crippen LogP contribution >= 0.6 is 0 Å². The lowest BCUT2D eigenvalue weighted by Gasteiger charge is -2.14. The molecule has 1 N–H and O–H groups in total. The number of carbonyl (C=O) groups excluding carboxylic acids is 1. The van der Waals surface area contributed by atoms with Crippen molar-refractivity contribution in [1.82, 2.24) is 5.32 Å². The van der Waals surface area contributed by atoms with E-state index >= 15 is 0 Å². The summed E-state index contributed by atoms with van der Waals surface area (Å²) in [7, 11) is 0. The van der Waals surface area contributed by atoms with Crippen molar-refractivity contribution in [3.05, 3.63) is 65.7 Å².